The Morgan fingerprint density at radius 1 is 1.26 bits per heavy atom. The molecule has 0 bridgehead atoms. The van der Waals surface area contributed by atoms with Gasteiger partial charge in [0.25, 0.3) is 5.91 Å². The molecule has 2 aromatic rings. The minimum atomic E-state index is -4.75. The van der Waals surface area contributed by atoms with Crippen LogP contribution >= 0.6 is 0 Å². The van der Waals surface area contributed by atoms with Crippen LogP contribution in [-0.4, -0.2) is 70.0 Å². The Balaban J connectivity index is 1.68. The molecule has 1 aliphatic rings. The molecule has 168 valence electrons. The smallest absolute Gasteiger partial charge is 0.406 e. The van der Waals surface area contributed by atoms with Gasteiger partial charge in [-0.15, -0.1) is 13.2 Å². The molecule has 2 heterocycles. The molecule has 3 rings (SSSR count). The molecule has 31 heavy (non-hydrogen) atoms. The number of amides is 2. The predicted octanol–water partition coefficient (Wildman–Crippen LogP) is 2.59. The van der Waals surface area contributed by atoms with E-state index >= 15 is 0 Å². The summed E-state index contributed by atoms with van der Waals surface area (Å²) in [5.74, 6) is -0.847. The average molecular weight is 440 g/mol. The Bertz CT molecular complexity index is 885. The van der Waals surface area contributed by atoms with Crippen LogP contribution in [0.15, 0.2) is 36.7 Å². The van der Waals surface area contributed by atoms with Crippen molar-refractivity contribution in [1.29, 1.82) is 0 Å². The standard InChI is InChI=1S/C20H23F3N4O4/c1-13(2)27-10-17(9-26(11-18(27)28)19(29)15-7-24-25-8-15)30-12-14-3-5-16(6-4-14)31-20(21,22)23/h3-8,13,17H,9-12H2,1-2H3,(H,24,25)/t17-/m1/s1. The van der Waals surface area contributed by atoms with E-state index in [2.05, 4.69) is 14.9 Å². The van der Waals surface area contributed by atoms with Crippen molar-refractivity contribution in [3.63, 3.8) is 0 Å². The molecule has 1 N–H and O–H groups in total. The average Bonchev–Trinajstić information content (AvgIpc) is 3.17. The second-order valence-corrected chi connectivity index (χ2v) is 7.44. The summed E-state index contributed by atoms with van der Waals surface area (Å²) >= 11 is 0. The molecule has 1 aliphatic heterocycles. The molecule has 0 aliphatic carbocycles. The number of aromatic nitrogens is 2. The number of halogens is 3. The summed E-state index contributed by atoms with van der Waals surface area (Å²) in [6.07, 6.45) is -2.39. The van der Waals surface area contributed by atoms with Crippen molar-refractivity contribution in [2.24, 2.45) is 0 Å². The second-order valence-electron chi connectivity index (χ2n) is 7.44. The zero-order chi connectivity index (χ0) is 22.6. The van der Waals surface area contributed by atoms with Crippen molar-refractivity contribution < 1.29 is 32.2 Å². The van der Waals surface area contributed by atoms with Gasteiger partial charge < -0.3 is 19.3 Å². The topological polar surface area (TPSA) is 87.8 Å². The van der Waals surface area contributed by atoms with Crippen molar-refractivity contribution in [3.8, 4) is 5.75 Å². The minimum Gasteiger partial charge on any atom is -0.406 e. The third-order valence-electron chi connectivity index (χ3n) is 4.77. The molecule has 1 fully saturated rings. The van der Waals surface area contributed by atoms with Crippen LogP contribution in [-0.2, 0) is 16.1 Å². The molecular formula is C20H23F3N4O4. The quantitative estimate of drug-likeness (QED) is 0.746. The lowest BCUT2D eigenvalue weighted by Crippen LogP contribution is -2.42. The van der Waals surface area contributed by atoms with Crippen molar-refractivity contribution >= 4 is 11.8 Å². The van der Waals surface area contributed by atoms with E-state index in [4.69, 9.17) is 4.74 Å². The zero-order valence-corrected chi connectivity index (χ0v) is 17.1. The van der Waals surface area contributed by atoms with Crippen LogP contribution in [0.4, 0.5) is 13.2 Å². The van der Waals surface area contributed by atoms with Gasteiger partial charge in [-0.05, 0) is 31.5 Å². The first-order valence-electron chi connectivity index (χ1n) is 9.66. The molecular weight excluding hydrogens is 417 g/mol. The van der Waals surface area contributed by atoms with Crippen LogP contribution in [0, 0.1) is 0 Å². The fraction of sp³-hybridized carbons (Fsp3) is 0.450. The molecule has 11 heteroatoms. The summed E-state index contributed by atoms with van der Waals surface area (Å²) in [5.41, 5.74) is 0.971. The van der Waals surface area contributed by atoms with E-state index in [0.29, 0.717) is 17.7 Å². The summed E-state index contributed by atoms with van der Waals surface area (Å²) in [7, 11) is 0. The molecule has 0 radical (unpaired) electrons. The van der Waals surface area contributed by atoms with Gasteiger partial charge in [-0.25, -0.2) is 0 Å². The highest BCUT2D eigenvalue weighted by molar-refractivity contribution is 5.96. The Labute approximate surface area is 176 Å². The first-order valence-corrected chi connectivity index (χ1v) is 9.66. The fourth-order valence-electron chi connectivity index (χ4n) is 3.25. The first-order chi connectivity index (χ1) is 14.6. The van der Waals surface area contributed by atoms with Crippen LogP contribution in [0.2, 0.25) is 0 Å². The Kier molecular flexibility index (Phi) is 6.84. The Morgan fingerprint density at radius 3 is 2.55 bits per heavy atom. The van der Waals surface area contributed by atoms with Crippen molar-refractivity contribution in [1.82, 2.24) is 20.0 Å². The van der Waals surface area contributed by atoms with E-state index in [1.54, 1.807) is 4.90 Å². The molecule has 0 saturated carbocycles. The predicted molar refractivity (Wildman–Crippen MR) is 103 cm³/mol. The number of carbonyl (C=O) groups is 2. The lowest BCUT2D eigenvalue weighted by molar-refractivity contribution is -0.274. The van der Waals surface area contributed by atoms with Gasteiger partial charge in [-0.2, -0.15) is 5.10 Å². The van der Waals surface area contributed by atoms with Crippen LogP contribution < -0.4 is 4.74 Å². The monoisotopic (exact) mass is 440 g/mol. The van der Waals surface area contributed by atoms with Crippen LogP contribution in [0.3, 0.4) is 0 Å². The minimum absolute atomic E-state index is 0.0778. The van der Waals surface area contributed by atoms with E-state index in [-0.39, 0.29) is 43.3 Å². The largest absolute Gasteiger partial charge is 0.573 e. The molecule has 1 atom stereocenters. The number of hydrogen-bond acceptors (Lipinski definition) is 5. The van der Waals surface area contributed by atoms with Gasteiger partial charge in [0.1, 0.15) is 12.3 Å². The summed E-state index contributed by atoms with van der Waals surface area (Å²) in [4.78, 5) is 28.5. The second kappa shape index (κ2) is 9.38. The fourth-order valence-corrected chi connectivity index (χ4v) is 3.25. The van der Waals surface area contributed by atoms with Gasteiger partial charge in [0, 0.05) is 25.3 Å². The number of benzene rings is 1. The molecule has 0 spiro atoms. The number of rotatable bonds is 6. The zero-order valence-electron chi connectivity index (χ0n) is 17.1. The summed E-state index contributed by atoms with van der Waals surface area (Å²) in [6.45, 7) is 4.26. The molecule has 1 saturated heterocycles. The van der Waals surface area contributed by atoms with Crippen LogP contribution in [0.5, 0.6) is 5.75 Å². The van der Waals surface area contributed by atoms with E-state index < -0.39 is 12.5 Å². The molecule has 8 nitrogen and oxygen atoms in total. The number of hydrogen-bond donors (Lipinski definition) is 1. The molecule has 0 unspecified atom stereocenters. The van der Waals surface area contributed by atoms with Gasteiger partial charge in [-0.1, -0.05) is 12.1 Å². The number of H-pyrrole nitrogens is 1. The molecule has 1 aromatic heterocycles. The van der Waals surface area contributed by atoms with E-state index in [1.165, 1.54) is 41.6 Å². The maximum atomic E-state index is 12.7. The van der Waals surface area contributed by atoms with Crippen molar-refractivity contribution in [2.75, 3.05) is 19.6 Å². The number of carbonyl (C=O) groups excluding carboxylic acids is 2. The summed E-state index contributed by atoms with van der Waals surface area (Å²) < 4.78 is 46.7. The Hall–Kier alpha value is -3.08. The highest BCUT2D eigenvalue weighted by Gasteiger charge is 2.33. The van der Waals surface area contributed by atoms with Gasteiger partial charge in [0.2, 0.25) is 5.91 Å². The number of nitrogens with one attached hydrogen (secondary N) is 1. The maximum Gasteiger partial charge on any atom is 0.573 e. The third kappa shape index (κ3) is 6.20. The maximum absolute atomic E-state index is 12.7. The first kappa shape index (κ1) is 22.6. The van der Waals surface area contributed by atoms with Crippen molar-refractivity contribution in [2.45, 2.75) is 39.0 Å². The summed E-state index contributed by atoms with van der Waals surface area (Å²) in [5, 5.41) is 6.34. The SMILES string of the molecule is CC(C)N1C[C@H](OCc2ccc(OC(F)(F)F)cc2)CN(C(=O)c2cn[nH]c2)CC1=O. The van der Waals surface area contributed by atoms with Gasteiger partial charge in [-0.3, -0.25) is 14.7 Å². The van der Waals surface area contributed by atoms with Gasteiger partial charge in [0.05, 0.1) is 24.5 Å². The van der Waals surface area contributed by atoms with E-state index in [0.717, 1.165) is 0 Å². The lowest BCUT2D eigenvalue weighted by Gasteiger charge is -2.27. The van der Waals surface area contributed by atoms with Gasteiger partial charge >= 0.3 is 6.36 Å². The number of aromatic amines is 1. The normalized spacial score (nSPS) is 17.7. The van der Waals surface area contributed by atoms with E-state index in [1.807, 2.05) is 13.8 Å². The summed E-state index contributed by atoms with van der Waals surface area (Å²) in [6, 6.07) is 5.27. The molecule has 1 aromatic carbocycles. The number of alkyl halides is 3. The number of nitrogens with zero attached hydrogens (tertiary/aromatic N) is 3. The van der Waals surface area contributed by atoms with Crippen molar-refractivity contribution in [3.05, 3.63) is 47.8 Å². The lowest BCUT2D eigenvalue weighted by atomic mass is 10.2. The Morgan fingerprint density at radius 2 is 1.97 bits per heavy atom. The molecule has 2 amide bonds. The van der Waals surface area contributed by atoms with E-state index in [9.17, 15) is 22.8 Å². The van der Waals surface area contributed by atoms with Gasteiger partial charge in [0.15, 0.2) is 0 Å². The number of ether oxygens (including phenoxy) is 2. The highest BCUT2D eigenvalue weighted by atomic mass is 19.4. The highest BCUT2D eigenvalue weighted by Crippen LogP contribution is 2.23. The van der Waals surface area contributed by atoms with Crippen LogP contribution in [0.25, 0.3) is 0 Å². The third-order valence-corrected chi connectivity index (χ3v) is 4.77. The van der Waals surface area contributed by atoms with Crippen LogP contribution in [0.1, 0.15) is 29.8 Å².